The fourth-order valence-electron chi connectivity index (χ4n) is 5.66. The Morgan fingerprint density at radius 2 is 1.42 bits per heavy atom. The first kappa shape index (κ1) is 44.2. The summed E-state index contributed by atoms with van der Waals surface area (Å²) in [6.45, 7) is 32.1. The first-order valence-corrected chi connectivity index (χ1v) is 20.2. The molecule has 1 aliphatic rings. The van der Waals surface area contributed by atoms with Crippen LogP contribution in [-0.2, 0) is 19.1 Å². The summed E-state index contributed by atoms with van der Waals surface area (Å²) in [5.41, 5.74) is -0.0261. The molecule has 0 heterocycles. The number of carbonyl (C=O) groups is 2. The second kappa shape index (κ2) is 20.2. The summed E-state index contributed by atoms with van der Waals surface area (Å²) >= 11 is 0. The lowest BCUT2D eigenvalue weighted by molar-refractivity contribution is -0.179. The van der Waals surface area contributed by atoms with Crippen LogP contribution < -0.4 is 0 Å². The molecule has 0 saturated heterocycles. The van der Waals surface area contributed by atoms with E-state index >= 15 is 0 Å². The van der Waals surface area contributed by atoms with Crippen LogP contribution in [0.25, 0.3) is 0 Å². The number of allylic oxidation sites excluding steroid dienone is 1. The van der Waals surface area contributed by atoms with E-state index in [1.54, 1.807) is 0 Å². The normalized spacial score (nSPS) is 20.3. The highest BCUT2D eigenvalue weighted by atomic mass is 32.3. The van der Waals surface area contributed by atoms with Crippen LogP contribution in [0.2, 0.25) is 0 Å². The molecule has 0 N–H and O–H groups in total. The van der Waals surface area contributed by atoms with Gasteiger partial charge in [-0.15, -0.1) is 0 Å². The lowest BCUT2D eigenvalue weighted by atomic mass is 9.72. The van der Waals surface area contributed by atoms with Crippen LogP contribution in [0.1, 0.15) is 149 Å². The van der Waals surface area contributed by atoms with Crippen molar-refractivity contribution in [2.45, 2.75) is 154 Å². The van der Waals surface area contributed by atoms with Gasteiger partial charge in [0.25, 0.3) is 0 Å². The number of carbonyl (C=O) groups excluding carboxylic acids is 2. The Balaban J connectivity index is 0. The summed E-state index contributed by atoms with van der Waals surface area (Å²) in [5.74, 6) is 4.46. The Bertz CT molecular complexity index is 816. The van der Waals surface area contributed by atoms with Gasteiger partial charge in [-0.05, 0) is 121 Å². The van der Waals surface area contributed by atoms with Crippen molar-refractivity contribution in [1.29, 1.82) is 0 Å². The van der Waals surface area contributed by atoms with Gasteiger partial charge in [-0.2, -0.15) is 0 Å². The van der Waals surface area contributed by atoms with E-state index in [9.17, 15) is 9.59 Å². The fraction of sp³-hybridized carbons (Fsp3) is 0.895. The Labute approximate surface area is 271 Å². The number of esters is 2. The molecule has 258 valence electrons. The van der Waals surface area contributed by atoms with Gasteiger partial charge in [0.15, 0.2) is 0 Å². The molecule has 0 aromatic carbocycles. The molecule has 5 heteroatoms. The van der Waals surface area contributed by atoms with Crippen molar-refractivity contribution in [3.8, 4) is 0 Å². The van der Waals surface area contributed by atoms with Gasteiger partial charge >= 0.3 is 11.9 Å². The fourth-order valence-corrected chi connectivity index (χ4v) is 6.85. The largest absolute Gasteiger partial charge is 0.465 e. The monoisotopic (exact) mass is 629 g/mol. The maximum Gasteiger partial charge on any atom is 0.315 e. The Hall–Kier alpha value is -0.970. The highest BCUT2D eigenvalue weighted by Gasteiger charge is 2.43. The number of ether oxygens (including phenoxy) is 2. The number of hydrogen-bond acceptors (Lipinski definition) is 4. The third-order valence-corrected chi connectivity index (χ3v) is 12.5. The van der Waals surface area contributed by atoms with Gasteiger partial charge in [-0.25, -0.2) is 10.0 Å². The van der Waals surface area contributed by atoms with Crippen molar-refractivity contribution in [3.05, 3.63) is 11.6 Å². The van der Waals surface area contributed by atoms with E-state index in [1.165, 1.54) is 37.2 Å². The third kappa shape index (κ3) is 16.2. The minimum atomic E-state index is -0.481. The van der Waals surface area contributed by atoms with Crippen LogP contribution in [0.15, 0.2) is 11.6 Å². The van der Waals surface area contributed by atoms with E-state index in [-0.39, 0.29) is 23.0 Å². The quantitative estimate of drug-likeness (QED) is 0.109. The van der Waals surface area contributed by atoms with Crippen LogP contribution in [0.4, 0.5) is 0 Å². The lowest BCUT2D eigenvalue weighted by Crippen LogP contribution is -2.45. The molecule has 4 nitrogen and oxygen atoms in total. The first-order valence-electron chi connectivity index (χ1n) is 17.4. The summed E-state index contributed by atoms with van der Waals surface area (Å²) < 4.78 is 11.6. The maximum atomic E-state index is 12.9. The van der Waals surface area contributed by atoms with Gasteiger partial charge in [0.05, 0.1) is 17.4 Å². The van der Waals surface area contributed by atoms with E-state index in [1.807, 2.05) is 47.6 Å². The second-order valence-corrected chi connectivity index (χ2v) is 19.9. The number of rotatable bonds is 14. The van der Waals surface area contributed by atoms with E-state index in [0.29, 0.717) is 24.4 Å². The van der Waals surface area contributed by atoms with Crippen LogP contribution >= 0.6 is 10.0 Å². The Kier molecular flexibility index (Phi) is 20.8. The lowest BCUT2D eigenvalue weighted by Gasteiger charge is -2.42. The van der Waals surface area contributed by atoms with Gasteiger partial charge < -0.3 is 9.47 Å². The summed E-state index contributed by atoms with van der Waals surface area (Å²) in [7, 11) is -0.481. The molecule has 1 aliphatic carbocycles. The van der Waals surface area contributed by atoms with Gasteiger partial charge in [-0.3, -0.25) is 9.59 Å². The van der Waals surface area contributed by atoms with Gasteiger partial charge in [0.2, 0.25) is 0 Å². The molecule has 0 spiro atoms. The molecule has 1 fully saturated rings. The maximum absolute atomic E-state index is 12.9. The van der Waals surface area contributed by atoms with Crippen molar-refractivity contribution < 1.29 is 19.1 Å². The molecule has 1 rings (SSSR count). The zero-order valence-electron chi connectivity index (χ0n) is 32.0. The predicted octanol–water partition coefficient (Wildman–Crippen LogP) is 11.3. The van der Waals surface area contributed by atoms with Crippen LogP contribution in [0.5, 0.6) is 0 Å². The molecule has 0 aromatic heterocycles. The Morgan fingerprint density at radius 1 is 0.907 bits per heavy atom. The molecule has 0 radical (unpaired) electrons. The molecular formula is C38H76O4S. The minimum Gasteiger partial charge on any atom is -0.465 e. The zero-order valence-corrected chi connectivity index (χ0v) is 32.8. The average molecular weight is 629 g/mol. The summed E-state index contributed by atoms with van der Waals surface area (Å²) in [5, 5.41) is 0. The van der Waals surface area contributed by atoms with Crippen molar-refractivity contribution in [3.63, 3.8) is 0 Å². The Morgan fingerprint density at radius 3 is 1.81 bits per heavy atom. The molecule has 0 aliphatic heterocycles. The van der Waals surface area contributed by atoms with Crippen LogP contribution in [0.3, 0.4) is 0 Å². The SMILES string of the molecule is CC.CC(C)CC(C)(C(=O)OC(C)(C)C1CCC(C)CC1)C(C)C.CCC(C)(C=C(C)C)C(=O)OCCCS(C)(C)CC. The standard InChI is InChI=1S/C20H38O2.C16H32O2S.C2H6/c1-14(2)13-20(8,15(3)4)18(21)22-19(6,7)17-11-9-16(5)10-12-17;1-8-16(5,13-14(3)4)15(17)18-11-10-12-19(6,7)9-2;1-2/h14-17H,9-13H2,1-8H3;13H,8-12H2,1-7H3;1-2H3. The van der Waals surface area contributed by atoms with Gasteiger partial charge in [0.1, 0.15) is 5.60 Å². The molecule has 0 aromatic rings. The molecule has 0 amide bonds. The van der Waals surface area contributed by atoms with Crippen LogP contribution in [0, 0.1) is 34.5 Å². The molecule has 2 unspecified atom stereocenters. The third-order valence-electron chi connectivity index (χ3n) is 9.59. The summed E-state index contributed by atoms with van der Waals surface area (Å²) in [4.78, 5) is 25.1. The average Bonchev–Trinajstić information content (AvgIpc) is 2.91. The van der Waals surface area contributed by atoms with Gasteiger partial charge in [0, 0.05) is 0 Å². The van der Waals surface area contributed by atoms with Crippen molar-refractivity contribution in [2.24, 2.45) is 34.5 Å². The smallest absolute Gasteiger partial charge is 0.315 e. The van der Waals surface area contributed by atoms with Gasteiger partial charge in [-0.1, -0.05) is 86.8 Å². The van der Waals surface area contributed by atoms with E-state index in [4.69, 9.17) is 9.47 Å². The molecule has 1 saturated carbocycles. The molecule has 2 atom stereocenters. The topological polar surface area (TPSA) is 52.6 Å². The summed E-state index contributed by atoms with van der Waals surface area (Å²) in [6.07, 6.45) is 14.3. The molecule has 43 heavy (non-hydrogen) atoms. The first-order chi connectivity index (χ1) is 19.7. The second-order valence-electron chi connectivity index (χ2n) is 15.4. The molecule has 0 bridgehead atoms. The van der Waals surface area contributed by atoms with Crippen LogP contribution in [-0.4, -0.2) is 48.2 Å². The molecular weight excluding hydrogens is 552 g/mol. The van der Waals surface area contributed by atoms with E-state index in [0.717, 1.165) is 30.8 Å². The van der Waals surface area contributed by atoms with E-state index in [2.05, 4.69) is 74.8 Å². The summed E-state index contributed by atoms with van der Waals surface area (Å²) in [6, 6.07) is 0. The minimum absolute atomic E-state index is 0.000165. The number of hydrogen-bond donors (Lipinski definition) is 0. The van der Waals surface area contributed by atoms with Crippen molar-refractivity contribution in [1.82, 2.24) is 0 Å². The zero-order chi connectivity index (χ0) is 34.2. The highest BCUT2D eigenvalue weighted by molar-refractivity contribution is 8.32. The van der Waals surface area contributed by atoms with E-state index < -0.39 is 15.4 Å². The van der Waals surface area contributed by atoms with Crippen molar-refractivity contribution >= 4 is 22.0 Å². The van der Waals surface area contributed by atoms with Crippen molar-refractivity contribution in [2.75, 3.05) is 30.6 Å². The predicted molar refractivity (Wildman–Crippen MR) is 193 cm³/mol. The highest BCUT2D eigenvalue weighted by Crippen LogP contribution is 2.42.